The first-order chi connectivity index (χ1) is 22.8. The normalized spacial score (nSPS) is 10.7. The third-order valence-corrected chi connectivity index (χ3v) is 7.34. The summed E-state index contributed by atoms with van der Waals surface area (Å²) in [5.41, 5.74) is 2.51. The Hall–Kier alpha value is -5.53. The molecule has 0 fully saturated rings. The number of ether oxygens (including phenoxy) is 1. The Bertz CT molecular complexity index is 1660. The first kappa shape index (κ1) is 34.3. The van der Waals surface area contributed by atoms with Crippen LogP contribution < -0.4 is 26.0 Å². The molecule has 0 bridgehead atoms. The van der Waals surface area contributed by atoms with E-state index in [0.29, 0.717) is 57.8 Å². The number of hydrogen-bond acceptors (Lipinski definition) is 10. The van der Waals surface area contributed by atoms with Crippen molar-refractivity contribution in [3.63, 3.8) is 0 Å². The number of benzene rings is 1. The summed E-state index contributed by atoms with van der Waals surface area (Å²) in [6, 6.07) is 10.6. The summed E-state index contributed by atoms with van der Waals surface area (Å²) in [5.74, 6) is 0.635. The summed E-state index contributed by atoms with van der Waals surface area (Å²) < 4.78 is 7.32. The van der Waals surface area contributed by atoms with E-state index >= 15 is 0 Å². The highest BCUT2D eigenvalue weighted by Crippen LogP contribution is 2.37. The number of pyridine rings is 2. The molecule has 47 heavy (non-hydrogen) atoms. The number of carbonyl (C=O) groups excluding carboxylic acids is 2. The van der Waals surface area contributed by atoms with Crippen molar-refractivity contribution in [1.82, 2.24) is 35.4 Å². The number of aliphatic carboxylic acids is 1. The van der Waals surface area contributed by atoms with Crippen molar-refractivity contribution < 1.29 is 24.2 Å². The van der Waals surface area contributed by atoms with Gasteiger partial charge < -0.3 is 31.1 Å². The Balaban J connectivity index is 1.35. The van der Waals surface area contributed by atoms with Crippen LogP contribution in [0.5, 0.6) is 5.75 Å². The zero-order valence-electron chi connectivity index (χ0n) is 26.9. The molecule has 5 N–H and O–H groups in total. The van der Waals surface area contributed by atoms with Crippen LogP contribution in [0.1, 0.15) is 72.1 Å². The second kappa shape index (κ2) is 17.2. The Morgan fingerprint density at radius 3 is 2.26 bits per heavy atom. The van der Waals surface area contributed by atoms with Crippen molar-refractivity contribution in [1.29, 1.82) is 0 Å². The zero-order chi connectivity index (χ0) is 33.6. The molecule has 3 heterocycles. The van der Waals surface area contributed by atoms with Gasteiger partial charge in [-0.2, -0.15) is 5.10 Å². The van der Waals surface area contributed by atoms with E-state index in [-0.39, 0.29) is 18.2 Å². The average Bonchev–Trinajstić information content (AvgIpc) is 3.51. The number of nitrogens with one attached hydrogen (secondary N) is 4. The van der Waals surface area contributed by atoms with Gasteiger partial charge in [-0.15, -0.1) is 0 Å². The fraction of sp³-hybridized carbons (Fsp3) is 0.364. The number of methoxy groups -OCH3 is 1. The Morgan fingerprint density at radius 1 is 0.851 bits per heavy atom. The maximum atomic E-state index is 12.7. The van der Waals surface area contributed by atoms with Crippen LogP contribution >= 0.6 is 0 Å². The molecule has 14 heteroatoms. The van der Waals surface area contributed by atoms with Crippen molar-refractivity contribution in [3.8, 4) is 17.1 Å². The monoisotopic (exact) mass is 643 g/mol. The maximum Gasteiger partial charge on any atom is 0.303 e. The molecule has 0 saturated carbocycles. The molecule has 0 aliphatic heterocycles. The molecule has 0 saturated heterocycles. The van der Waals surface area contributed by atoms with Crippen LogP contribution in [-0.4, -0.2) is 68.3 Å². The molecule has 1 aromatic carbocycles. The highest BCUT2D eigenvalue weighted by Gasteiger charge is 2.18. The largest absolute Gasteiger partial charge is 0.494 e. The molecular weight excluding hydrogens is 602 g/mol. The number of carbonyl (C=O) groups is 3. The molecular formula is C33H41N9O5. The van der Waals surface area contributed by atoms with Gasteiger partial charge in [0.1, 0.15) is 18.0 Å². The zero-order valence-corrected chi connectivity index (χ0v) is 26.9. The van der Waals surface area contributed by atoms with Gasteiger partial charge in [0.15, 0.2) is 11.6 Å². The molecule has 0 aliphatic carbocycles. The number of carboxylic acids is 1. The van der Waals surface area contributed by atoms with Gasteiger partial charge in [0, 0.05) is 45.5 Å². The second-order valence-electron chi connectivity index (χ2n) is 10.9. The predicted octanol–water partition coefficient (Wildman–Crippen LogP) is 5.06. The molecule has 4 rings (SSSR count). The molecule has 248 valence electrons. The van der Waals surface area contributed by atoms with Gasteiger partial charge >= 0.3 is 5.97 Å². The van der Waals surface area contributed by atoms with Crippen LogP contribution in [0, 0.1) is 0 Å². The number of aromatic nitrogens is 5. The fourth-order valence-electron chi connectivity index (χ4n) is 4.90. The van der Waals surface area contributed by atoms with Gasteiger partial charge in [-0.3, -0.25) is 19.1 Å². The molecule has 0 atom stereocenters. The number of anilines is 4. The van der Waals surface area contributed by atoms with E-state index in [2.05, 4.69) is 41.3 Å². The number of unbranched alkanes of at least 4 members (excludes halogenated alkanes) is 6. The molecule has 0 radical (unpaired) electrons. The lowest BCUT2D eigenvalue weighted by atomic mass is 10.1. The third kappa shape index (κ3) is 9.98. The third-order valence-electron chi connectivity index (χ3n) is 7.34. The number of amides is 2. The Labute approximate surface area is 273 Å². The van der Waals surface area contributed by atoms with Crippen LogP contribution in [0.2, 0.25) is 0 Å². The van der Waals surface area contributed by atoms with E-state index in [1.807, 2.05) is 18.2 Å². The van der Waals surface area contributed by atoms with Crippen LogP contribution in [-0.2, 0) is 11.8 Å². The van der Waals surface area contributed by atoms with Gasteiger partial charge in [-0.05, 0) is 37.1 Å². The fourth-order valence-corrected chi connectivity index (χ4v) is 4.90. The van der Waals surface area contributed by atoms with E-state index in [1.165, 1.54) is 12.4 Å². The van der Waals surface area contributed by atoms with Crippen molar-refractivity contribution in [3.05, 3.63) is 66.2 Å². The molecule has 3 aromatic heterocycles. The van der Waals surface area contributed by atoms with Gasteiger partial charge in [-0.1, -0.05) is 38.2 Å². The van der Waals surface area contributed by atoms with E-state index in [1.54, 1.807) is 50.4 Å². The van der Waals surface area contributed by atoms with E-state index in [0.717, 1.165) is 44.9 Å². The molecule has 0 unspecified atom stereocenters. The van der Waals surface area contributed by atoms with E-state index in [9.17, 15) is 14.4 Å². The highest BCUT2D eigenvalue weighted by molar-refractivity contribution is 6.01. The van der Waals surface area contributed by atoms with Gasteiger partial charge in [-0.25, -0.2) is 15.0 Å². The lowest BCUT2D eigenvalue weighted by Crippen LogP contribution is -2.24. The lowest BCUT2D eigenvalue weighted by Gasteiger charge is -2.17. The van der Waals surface area contributed by atoms with Gasteiger partial charge in [0.25, 0.3) is 11.8 Å². The van der Waals surface area contributed by atoms with Crippen molar-refractivity contribution in [2.45, 2.75) is 51.4 Å². The Morgan fingerprint density at radius 2 is 1.60 bits per heavy atom. The van der Waals surface area contributed by atoms with Crippen LogP contribution in [0.25, 0.3) is 11.4 Å². The van der Waals surface area contributed by atoms with Gasteiger partial charge in [0.2, 0.25) is 0 Å². The summed E-state index contributed by atoms with van der Waals surface area (Å²) in [7, 11) is 4.88. The molecule has 4 aromatic rings. The quantitative estimate of drug-likeness (QED) is 0.0913. The summed E-state index contributed by atoms with van der Waals surface area (Å²) in [5, 5.41) is 25.1. The Kier molecular flexibility index (Phi) is 12.6. The summed E-state index contributed by atoms with van der Waals surface area (Å²) in [6.07, 6.45) is 11.5. The minimum absolute atomic E-state index is 0.200. The number of hydrogen-bond donors (Lipinski definition) is 5. The second-order valence-corrected chi connectivity index (χ2v) is 10.9. The van der Waals surface area contributed by atoms with E-state index < -0.39 is 5.97 Å². The van der Waals surface area contributed by atoms with Crippen molar-refractivity contribution in [2.24, 2.45) is 7.05 Å². The molecule has 0 spiro atoms. The van der Waals surface area contributed by atoms with Crippen molar-refractivity contribution in [2.75, 3.05) is 31.3 Å². The summed E-state index contributed by atoms with van der Waals surface area (Å²) in [6.45, 7) is 0.571. The number of para-hydroxylation sites is 1. The maximum absolute atomic E-state index is 12.7. The molecule has 14 nitrogen and oxygen atoms in total. The summed E-state index contributed by atoms with van der Waals surface area (Å²) >= 11 is 0. The summed E-state index contributed by atoms with van der Waals surface area (Å²) in [4.78, 5) is 49.0. The SMILES string of the molecule is CNC(=O)c1cnc(Nc2ccc(C(=O)NCCCCCCCCCC(=O)O)cn2)cc1Nc1cccc(-c2ncn(C)n2)c1OC. The lowest BCUT2D eigenvalue weighted by molar-refractivity contribution is -0.137. The first-order valence-corrected chi connectivity index (χ1v) is 15.5. The number of carboxylic acid groups (broad SMARTS) is 1. The minimum atomic E-state index is -0.741. The number of aryl methyl sites for hydroxylation is 1. The van der Waals surface area contributed by atoms with Crippen LogP contribution in [0.3, 0.4) is 0 Å². The topological polar surface area (TPSA) is 185 Å². The first-order valence-electron chi connectivity index (χ1n) is 15.5. The predicted molar refractivity (Wildman–Crippen MR) is 178 cm³/mol. The average molecular weight is 644 g/mol. The minimum Gasteiger partial charge on any atom is -0.494 e. The smallest absolute Gasteiger partial charge is 0.303 e. The van der Waals surface area contributed by atoms with Crippen molar-refractivity contribution >= 4 is 40.8 Å². The number of nitrogens with zero attached hydrogens (tertiary/aromatic N) is 5. The molecule has 0 aliphatic rings. The standard InChI is InChI=1S/C33H41N9O5/c1-34-33(46)24-20-37-28(18-26(24)39-25-13-11-12-23(30(25)47-3)31-38-21-42(2)41-31)40-27-16-15-22(19-36-27)32(45)35-17-10-8-6-4-5-7-9-14-29(43)44/h11-13,15-16,18-21H,4-10,14,17H2,1-3H3,(H,34,46)(H,35,45)(H,43,44)(H2,36,37,39,40). The molecule has 2 amide bonds. The van der Waals surface area contributed by atoms with Gasteiger partial charge in [0.05, 0.1) is 35.2 Å². The van der Waals surface area contributed by atoms with E-state index in [4.69, 9.17) is 9.84 Å². The highest BCUT2D eigenvalue weighted by atomic mass is 16.5. The number of rotatable bonds is 18. The van der Waals surface area contributed by atoms with Crippen LogP contribution in [0.4, 0.5) is 23.0 Å². The van der Waals surface area contributed by atoms with Crippen LogP contribution in [0.15, 0.2) is 55.1 Å².